The van der Waals surface area contributed by atoms with Crippen molar-refractivity contribution in [2.75, 3.05) is 11.9 Å². The van der Waals surface area contributed by atoms with E-state index < -0.39 is 36.0 Å². The summed E-state index contributed by atoms with van der Waals surface area (Å²) in [5.41, 5.74) is 4.98. The Balaban J connectivity index is 1.25. The first-order chi connectivity index (χ1) is 20.3. The van der Waals surface area contributed by atoms with Crippen molar-refractivity contribution in [3.05, 3.63) is 120 Å². The van der Waals surface area contributed by atoms with Crippen molar-refractivity contribution in [2.24, 2.45) is 4.99 Å². The zero-order chi connectivity index (χ0) is 29.6. The summed E-state index contributed by atoms with van der Waals surface area (Å²) in [5.74, 6) is -0.869. The third kappa shape index (κ3) is 6.23. The second kappa shape index (κ2) is 12.5. The Bertz CT molecular complexity index is 1600. The number of aliphatic imine (C=N–C) groups is 1. The van der Waals surface area contributed by atoms with E-state index in [9.17, 15) is 14.4 Å². The molecule has 0 saturated carbocycles. The molecule has 42 heavy (non-hydrogen) atoms. The molecule has 1 aliphatic rings. The summed E-state index contributed by atoms with van der Waals surface area (Å²) in [6.07, 6.45) is -2.04. The number of hydrogen-bond acceptors (Lipinski definition) is 5. The predicted octanol–water partition coefficient (Wildman–Crippen LogP) is 4.58. The van der Waals surface area contributed by atoms with Gasteiger partial charge in [-0.2, -0.15) is 0 Å². The van der Waals surface area contributed by atoms with Gasteiger partial charge in [0.25, 0.3) is 11.8 Å². The van der Waals surface area contributed by atoms with Crippen LogP contribution in [0.2, 0.25) is 0 Å². The summed E-state index contributed by atoms with van der Waals surface area (Å²) < 4.78 is 5.82. The van der Waals surface area contributed by atoms with Crippen LogP contribution in [-0.4, -0.2) is 48.8 Å². The standard InChI is InChI=1S/C34H32N4O4/c1-22(35-33(40)23(2)42-27-20-18-25(19-21-27)24-12-6-4-7-13-24)32(39)37-31-34(41)38(3)29-17-11-10-16-28(29)30(36-31)26-14-8-5-9-15-26/h4-23,31H,1-3H3,(H,35,40)(H,37,39)/t22-,23-,31?/m0/s1. The van der Waals surface area contributed by atoms with Gasteiger partial charge in [0.05, 0.1) is 11.4 Å². The average molecular weight is 561 g/mol. The highest BCUT2D eigenvalue weighted by Crippen LogP contribution is 2.27. The van der Waals surface area contributed by atoms with E-state index in [1.165, 1.54) is 4.90 Å². The van der Waals surface area contributed by atoms with Gasteiger partial charge in [-0.15, -0.1) is 0 Å². The topological polar surface area (TPSA) is 100 Å². The molecule has 8 nitrogen and oxygen atoms in total. The Kier molecular flexibility index (Phi) is 8.43. The van der Waals surface area contributed by atoms with Crippen LogP contribution in [0.1, 0.15) is 25.0 Å². The van der Waals surface area contributed by atoms with Crippen molar-refractivity contribution in [3.8, 4) is 16.9 Å². The van der Waals surface area contributed by atoms with E-state index in [1.54, 1.807) is 33.0 Å². The van der Waals surface area contributed by atoms with Crippen LogP contribution in [0.4, 0.5) is 5.69 Å². The van der Waals surface area contributed by atoms with Gasteiger partial charge in [-0.25, -0.2) is 4.99 Å². The molecule has 2 N–H and O–H groups in total. The quantitative estimate of drug-likeness (QED) is 0.330. The molecule has 0 fully saturated rings. The number of fused-ring (bicyclic) bond motifs is 1. The van der Waals surface area contributed by atoms with Crippen LogP contribution in [0.5, 0.6) is 5.75 Å². The molecule has 0 radical (unpaired) electrons. The lowest BCUT2D eigenvalue weighted by Gasteiger charge is -2.23. The Hall–Kier alpha value is -5.24. The number of nitrogens with zero attached hydrogens (tertiary/aromatic N) is 2. The molecule has 1 aliphatic heterocycles. The minimum atomic E-state index is -1.18. The maximum absolute atomic E-state index is 13.4. The van der Waals surface area contributed by atoms with E-state index >= 15 is 0 Å². The third-order valence-electron chi connectivity index (χ3n) is 7.06. The number of rotatable bonds is 8. The van der Waals surface area contributed by atoms with Crippen molar-refractivity contribution in [1.29, 1.82) is 0 Å². The van der Waals surface area contributed by atoms with Gasteiger partial charge >= 0.3 is 0 Å². The number of carbonyl (C=O) groups is 3. The Morgan fingerprint density at radius 3 is 2.00 bits per heavy atom. The minimum absolute atomic E-state index is 0.393. The highest BCUT2D eigenvalue weighted by atomic mass is 16.5. The molecule has 1 unspecified atom stereocenters. The number of nitrogens with one attached hydrogen (secondary N) is 2. The largest absolute Gasteiger partial charge is 0.481 e. The summed E-state index contributed by atoms with van der Waals surface area (Å²) in [6, 6.07) is 33.4. The van der Waals surface area contributed by atoms with Crippen LogP contribution >= 0.6 is 0 Å². The highest BCUT2D eigenvalue weighted by molar-refractivity contribution is 6.20. The number of ether oxygens (including phenoxy) is 1. The molecule has 0 aliphatic carbocycles. The molecule has 0 saturated heterocycles. The Morgan fingerprint density at radius 2 is 1.33 bits per heavy atom. The lowest BCUT2D eigenvalue weighted by Crippen LogP contribution is -2.53. The summed E-state index contributed by atoms with van der Waals surface area (Å²) in [5, 5.41) is 5.39. The lowest BCUT2D eigenvalue weighted by atomic mass is 10.0. The summed E-state index contributed by atoms with van der Waals surface area (Å²) in [6.45, 7) is 3.17. The normalized spacial score (nSPS) is 15.9. The van der Waals surface area contributed by atoms with E-state index in [4.69, 9.17) is 9.73 Å². The monoisotopic (exact) mass is 560 g/mol. The number of likely N-dealkylation sites (N-methyl/N-ethyl adjacent to an activating group) is 1. The molecule has 5 rings (SSSR count). The van der Waals surface area contributed by atoms with Crippen molar-refractivity contribution in [1.82, 2.24) is 10.6 Å². The number of benzene rings is 4. The average Bonchev–Trinajstić information content (AvgIpc) is 3.12. The van der Waals surface area contributed by atoms with Crippen molar-refractivity contribution in [2.45, 2.75) is 32.2 Å². The molecule has 4 aromatic rings. The lowest BCUT2D eigenvalue weighted by molar-refractivity contribution is -0.133. The molecule has 1 heterocycles. The molecule has 3 amide bonds. The molecule has 0 aromatic heterocycles. The first-order valence-electron chi connectivity index (χ1n) is 13.7. The van der Waals surface area contributed by atoms with Crippen molar-refractivity contribution in [3.63, 3.8) is 0 Å². The van der Waals surface area contributed by atoms with Gasteiger partial charge in [0, 0.05) is 18.2 Å². The maximum Gasteiger partial charge on any atom is 0.272 e. The molecule has 212 valence electrons. The summed E-state index contributed by atoms with van der Waals surface area (Å²) >= 11 is 0. The fourth-order valence-electron chi connectivity index (χ4n) is 4.71. The van der Waals surface area contributed by atoms with Gasteiger partial charge < -0.3 is 20.3 Å². The number of carbonyl (C=O) groups excluding carboxylic acids is 3. The summed E-state index contributed by atoms with van der Waals surface area (Å²) in [4.78, 5) is 45.6. The van der Waals surface area contributed by atoms with Crippen LogP contribution in [0.15, 0.2) is 114 Å². The fraction of sp³-hybridized carbons (Fsp3) is 0.176. The zero-order valence-electron chi connectivity index (χ0n) is 23.7. The van der Waals surface area contributed by atoms with E-state index in [1.807, 2.05) is 97.1 Å². The van der Waals surface area contributed by atoms with Crippen molar-refractivity contribution >= 4 is 29.1 Å². The van der Waals surface area contributed by atoms with E-state index in [0.29, 0.717) is 17.1 Å². The second-order valence-corrected chi connectivity index (χ2v) is 10.1. The molecule has 0 spiro atoms. The van der Waals surface area contributed by atoms with E-state index in [0.717, 1.165) is 22.3 Å². The van der Waals surface area contributed by atoms with E-state index in [2.05, 4.69) is 10.6 Å². The Labute approximate surface area is 245 Å². The number of para-hydroxylation sites is 1. The molecule has 3 atom stereocenters. The van der Waals surface area contributed by atoms with Gasteiger partial charge in [-0.05, 0) is 43.2 Å². The second-order valence-electron chi connectivity index (χ2n) is 10.1. The van der Waals surface area contributed by atoms with Gasteiger partial charge in [-0.3, -0.25) is 14.4 Å². The third-order valence-corrected chi connectivity index (χ3v) is 7.06. The molecule has 8 heteroatoms. The first-order valence-corrected chi connectivity index (χ1v) is 13.7. The van der Waals surface area contributed by atoms with Gasteiger partial charge in [0.2, 0.25) is 12.1 Å². The van der Waals surface area contributed by atoms with Crippen LogP contribution in [-0.2, 0) is 14.4 Å². The van der Waals surface area contributed by atoms with Gasteiger partial charge in [0.1, 0.15) is 11.8 Å². The van der Waals surface area contributed by atoms with Crippen LogP contribution < -0.4 is 20.3 Å². The fourth-order valence-corrected chi connectivity index (χ4v) is 4.71. The molecular formula is C34H32N4O4. The maximum atomic E-state index is 13.4. The Morgan fingerprint density at radius 1 is 0.762 bits per heavy atom. The molecule has 4 aromatic carbocycles. The van der Waals surface area contributed by atoms with Crippen LogP contribution in [0.3, 0.4) is 0 Å². The summed E-state index contributed by atoms with van der Waals surface area (Å²) in [7, 11) is 1.65. The zero-order valence-corrected chi connectivity index (χ0v) is 23.7. The van der Waals surface area contributed by atoms with E-state index in [-0.39, 0.29) is 0 Å². The van der Waals surface area contributed by atoms with Crippen LogP contribution in [0, 0.1) is 0 Å². The van der Waals surface area contributed by atoms with Crippen molar-refractivity contribution < 1.29 is 19.1 Å². The number of benzodiazepines with no additional fused rings is 1. The minimum Gasteiger partial charge on any atom is -0.481 e. The molecular weight excluding hydrogens is 528 g/mol. The van der Waals surface area contributed by atoms with Crippen LogP contribution in [0.25, 0.3) is 11.1 Å². The number of hydrogen-bond donors (Lipinski definition) is 2. The number of anilines is 1. The van der Waals surface area contributed by atoms with Gasteiger partial charge in [0.15, 0.2) is 6.10 Å². The van der Waals surface area contributed by atoms with Gasteiger partial charge in [-0.1, -0.05) is 91.0 Å². The highest BCUT2D eigenvalue weighted by Gasteiger charge is 2.32. The first kappa shape index (κ1) is 28.3. The smallest absolute Gasteiger partial charge is 0.272 e. The molecule has 0 bridgehead atoms. The number of amides is 3. The predicted molar refractivity (Wildman–Crippen MR) is 163 cm³/mol. The SMILES string of the molecule is C[C@H](NC(=O)[C@H](C)Oc1ccc(-c2ccccc2)cc1)C(=O)NC1N=C(c2ccccc2)c2ccccc2N(C)C1=O.